The minimum absolute atomic E-state index is 0.0526. The van der Waals surface area contributed by atoms with Crippen LogP contribution in [0.5, 0.6) is 5.75 Å². The molecule has 2 N–H and O–H groups in total. The summed E-state index contributed by atoms with van der Waals surface area (Å²) in [7, 11) is 1.58. The molecule has 0 aromatic heterocycles. The van der Waals surface area contributed by atoms with Gasteiger partial charge in [0.25, 0.3) is 0 Å². The lowest BCUT2D eigenvalue weighted by atomic mass is 10.0. The first-order valence-electron chi connectivity index (χ1n) is 9.14. The quantitative estimate of drug-likeness (QED) is 0.576. The van der Waals surface area contributed by atoms with Gasteiger partial charge in [-0.25, -0.2) is 4.99 Å². The number of amides is 1. The van der Waals surface area contributed by atoms with Crippen LogP contribution in [0, 0.1) is 0 Å². The molecule has 1 atom stereocenters. The van der Waals surface area contributed by atoms with Gasteiger partial charge in [-0.15, -0.1) is 0 Å². The molecule has 1 aliphatic rings. The van der Waals surface area contributed by atoms with Gasteiger partial charge < -0.3 is 9.47 Å². The standard InChI is InChI=1S/C21H21ClN4O4/c1-12(27)25-26-21-19(11-30-13(2)28)23-20(14-4-6-15(22)7-5-14)17-10-16(29-3)8-9-18(17)24-21/h4-10,19H,11H2,1-3H3,(H,24,26)(H,25,27)/t19-/m1/s1. The number of ether oxygens (including phenoxy) is 2. The molecule has 0 spiro atoms. The Hall–Kier alpha value is -3.39. The van der Waals surface area contributed by atoms with E-state index >= 15 is 0 Å². The summed E-state index contributed by atoms with van der Waals surface area (Å²) in [6, 6.07) is 12.0. The van der Waals surface area contributed by atoms with Crippen LogP contribution in [0.1, 0.15) is 25.0 Å². The van der Waals surface area contributed by atoms with Gasteiger partial charge in [0.1, 0.15) is 24.2 Å². The second-order valence-corrected chi connectivity index (χ2v) is 6.93. The third-order valence-electron chi connectivity index (χ3n) is 4.23. The van der Waals surface area contributed by atoms with E-state index in [2.05, 4.69) is 15.8 Å². The fourth-order valence-corrected chi connectivity index (χ4v) is 2.96. The number of hydrazine groups is 1. The maximum absolute atomic E-state index is 11.4. The number of methoxy groups -OCH3 is 1. The number of nitrogens with zero attached hydrogens (tertiary/aromatic N) is 2. The second-order valence-electron chi connectivity index (χ2n) is 6.49. The molecule has 0 radical (unpaired) electrons. The minimum Gasteiger partial charge on any atom is -0.497 e. The molecule has 30 heavy (non-hydrogen) atoms. The minimum atomic E-state index is -0.676. The van der Waals surface area contributed by atoms with Crippen molar-refractivity contribution in [1.82, 2.24) is 10.9 Å². The van der Waals surface area contributed by atoms with Gasteiger partial charge in [0.05, 0.1) is 18.5 Å². The highest BCUT2D eigenvalue weighted by molar-refractivity contribution is 6.30. The van der Waals surface area contributed by atoms with Crippen molar-refractivity contribution < 1.29 is 19.1 Å². The van der Waals surface area contributed by atoms with Crippen LogP contribution in [0.4, 0.5) is 5.69 Å². The molecule has 0 aliphatic carbocycles. The van der Waals surface area contributed by atoms with E-state index in [1.165, 1.54) is 13.8 Å². The molecule has 1 amide bonds. The first kappa shape index (κ1) is 21.3. The summed E-state index contributed by atoms with van der Waals surface area (Å²) in [5.41, 5.74) is 8.06. The van der Waals surface area contributed by atoms with E-state index in [-0.39, 0.29) is 12.5 Å². The highest BCUT2D eigenvalue weighted by Crippen LogP contribution is 2.30. The number of carbonyl (C=O) groups is 2. The van der Waals surface area contributed by atoms with Crippen LogP contribution in [0.25, 0.3) is 0 Å². The first-order chi connectivity index (χ1) is 14.4. The summed E-state index contributed by atoms with van der Waals surface area (Å²) in [6.45, 7) is 2.63. The van der Waals surface area contributed by atoms with Crippen molar-refractivity contribution in [1.29, 1.82) is 0 Å². The molecule has 9 heteroatoms. The van der Waals surface area contributed by atoms with Gasteiger partial charge in [-0.1, -0.05) is 23.7 Å². The van der Waals surface area contributed by atoms with Crippen LogP contribution < -0.4 is 15.6 Å². The van der Waals surface area contributed by atoms with Crippen molar-refractivity contribution in [2.75, 3.05) is 13.7 Å². The van der Waals surface area contributed by atoms with Crippen molar-refractivity contribution in [2.24, 2.45) is 9.98 Å². The molecule has 3 rings (SSSR count). The van der Waals surface area contributed by atoms with Crippen LogP contribution >= 0.6 is 11.6 Å². The Labute approximate surface area is 178 Å². The van der Waals surface area contributed by atoms with Crippen molar-refractivity contribution >= 4 is 40.7 Å². The third kappa shape index (κ3) is 5.15. The molecule has 2 aromatic rings. The van der Waals surface area contributed by atoms with E-state index in [0.29, 0.717) is 28.0 Å². The van der Waals surface area contributed by atoms with E-state index < -0.39 is 12.0 Å². The fourth-order valence-electron chi connectivity index (χ4n) is 2.83. The summed E-state index contributed by atoms with van der Waals surface area (Å²) in [5.74, 6) is 0.229. The molecular weight excluding hydrogens is 408 g/mol. The number of rotatable bonds is 4. The average Bonchev–Trinajstić information content (AvgIpc) is 2.87. The lowest BCUT2D eigenvalue weighted by molar-refractivity contribution is -0.141. The molecule has 1 heterocycles. The lowest BCUT2D eigenvalue weighted by Gasteiger charge is -2.17. The van der Waals surface area contributed by atoms with Gasteiger partial charge in [0.15, 0.2) is 0 Å². The molecule has 0 saturated heterocycles. The van der Waals surface area contributed by atoms with Crippen LogP contribution in [-0.2, 0) is 14.3 Å². The zero-order valence-electron chi connectivity index (χ0n) is 16.7. The largest absolute Gasteiger partial charge is 0.497 e. The Bertz CT molecular complexity index is 1020. The summed E-state index contributed by atoms with van der Waals surface area (Å²) < 4.78 is 10.6. The third-order valence-corrected chi connectivity index (χ3v) is 4.48. The lowest BCUT2D eigenvalue weighted by Crippen LogP contribution is -2.46. The number of benzene rings is 2. The number of fused-ring (bicyclic) bond motifs is 1. The normalized spacial score (nSPS) is 15.1. The van der Waals surface area contributed by atoms with E-state index in [1.807, 2.05) is 18.2 Å². The van der Waals surface area contributed by atoms with E-state index in [4.69, 9.17) is 26.1 Å². The van der Waals surface area contributed by atoms with Crippen LogP contribution in [-0.4, -0.2) is 43.2 Å². The molecule has 1 aliphatic heterocycles. The first-order valence-corrected chi connectivity index (χ1v) is 9.52. The van der Waals surface area contributed by atoms with Gasteiger partial charge in [0, 0.05) is 30.0 Å². The van der Waals surface area contributed by atoms with Crippen molar-refractivity contribution in [3.05, 3.63) is 58.6 Å². The summed E-state index contributed by atoms with van der Waals surface area (Å²) in [6.07, 6.45) is 0. The number of halogens is 1. The average molecular weight is 429 g/mol. The topological polar surface area (TPSA) is 101 Å². The number of nitrogens with one attached hydrogen (secondary N) is 2. The Morgan fingerprint density at radius 3 is 2.50 bits per heavy atom. The zero-order valence-corrected chi connectivity index (χ0v) is 17.5. The second kappa shape index (κ2) is 9.41. The highest BCUT2D eigenvalue weighted by atomic mass is 35.5. The Balaban J connectivity index is 2.15. The SMILES string of the molecule is COc1ccc2c(c1)C(c1ccc(Cl)cc1)=N[C@H](COC(C)=O)C(NNC(C)=O)=N2. The molecular formula is C21H21ClN4O4. The van der Waals surface area contributed by atoms with Gasteiger partial charge in [0.2, 0.25) is 5.91 Å². The van der Waals surface area contributed by atoms with E-state index in [0.717, 1.165) is 11.1 Å². The predicted octanol–water partition coefficient (Wildman–Crippen LogP) is 2.80. The fraction of sp³-hybridized carbons (Fsp3) is 0.238. The predicted molar refractivity (Wildman–Crippen MR) is 115 cm³/mol. The monoisotopic (exact) mass is 428 g/mol. The summed E-state index contributed by atoms with van der Waals surface area (Å²) in [5, 5.41) is 0.597. The zero-order chi connectivity index (χ0) is 21.7. The Morgan fingerprint density at radius 2 is 1.87 bits per heavy atom. The molecule has 156 valence electrons. The highest BCUT2D eigenvalue weighted by Gasteiger charge is 2.25. The van der Waals surface area contributed by atoms with Gasteiger partial charge in [-0.3, -0.25) is 25.4 Å². The number of amidine groups is 1. The smallest absolute Gasteiger partial charge is 0.302 e. The molecule has 0 unspecified atom stereocenters. The van der Waals surface area contributed by atoms with Crippen LogP contribution in [0.15, 0.2) is 52.4 Å². The number of esters is 1. The number of hydrogen-bond acceptors (Lipinski definition) is 7. The van der Waals surface area contributed by atoms with E-state index in [9.17, 15) is 9.59 Å². The van der Waals surface area contributed by atoms with Crippen molar-refractivity contribution in [3.8, 4) is 5.75 Å². The van der Waals surface area contributed by atoms with Gasteiger partial charge in [-0.2, -0.15) is 0 Å². The van der Waals surface area contributed by atoms with Crippen LogP contribution in [0.3, 0.4) is 0 Å². The molecule has 0 saturated carbocycles. The van der Waals surface area contributed by atoms with Gasteiger partial charge in [-0.05, 0) is 30.3 Å². The maximum atomic E-state index is 11.4. The van der Waals surface area contributed by atoms with Gasteiger partial charge >= 0.3 is 5.97 Å². The Kier molecular flexibility index (Phi) is 6.68. The number of hydrogen-bond donors (Lipinski definition) is 2. The number of carbonyl (C=O) groups excluding carboxylic acids is 2. The number of aliphatic imine (C=N–C) groups is 2. The summed E-state index contributed by atoms with van der Waals surface area (Å²) in [4.78, 5) is 32.3. The Morgan fingerprint density at radius 1 is 1.13 bits per heavy atom. The summed E-state index contributed by atoms with van der Waals surface area (Å²) >= 11 is 6.05. The molecule has 2 aromatic carbocycles. The van der Waals surface area contributed by atoms with Crippen molar-refractivity contribution in [2.45, 2.75) is 19.9 Å². The molecule has 8 nitrogen and oxygen atoms in total. The van der Waals surface area contributed by atoms with Crippen molar-refractivity contribution in [3.63, 3.8) is 0 Å². The van der Waals surface area contributed by atoms with Crippen LogP contribution in [0.2, 0.25) is 5.02 Å². The molecule has 0 fully saturated rings. The maximum Gasteiger partial charge on any atom is 0.302 e. The molecule has 0 bridgehead atoms. The van der Waals surface area contributed by atoms with E-state index in [1.54, 1.807) is 31.4 Å².